The summed E-state index contributed by atoms with van der Waals surface area (Å²) in [7, 11) is 0. The van der Waals surface area contributed by atoms with Gasteiger partial charge in [-0.1, -0.05) is 37.3 Å². The van der Waals surface area contributed by atoms with Gasteiger partial charge in [0.2, 0.25) is 0 Å². The van der Waals surface area contributed by atoms with Gasteiger partial charge < -0.3 is 0 Å². The highest BCUT2D eigenvalue weighted by atomic mass is 32.2. The van der Waals surface area contributed by atoms with Crippen LogP contribution in [-0.2, 0) is 21.9 Å². The molecular weight excluding hydrogens is 184 g/mol. The molecule has 0 saturated heterocycles. The second-order valence-electron chi connectivity index (χ2n) is 2.76. The topological polar surface area (TPSA) is 26.3 Å². The lowest BCUT2D eigenvalue weighted by molar-refractivity contribution is 0.337. The molecule has 0 saturated carbocycles. The van der Waals surface area contributed by atoms with E-state index in [0.717, 1.165) is 12.0 Å². The lowest BCUT2D eigenvalue weighted by Gasteiger charge is -2.01. The third-order valence-corrected chi connectivity index (χ3v) is 2.69. The Kier molecular flexibility index (Phi) is 4.72. The third kappa shape index (κ3) is 4.20. The molecule has 0 fully saturated rings. The fourth-order valence-corrected chi connectivity index (χ4v) is 1.65. The molecule has 0 heterocycles. The van der Waals surface area contributed by atoms with Crippen molar-refractivity contribution in [2.45, 2.75) is 20.0 Å². The molecule has 0 aliphatic rings. The van der Waals surface area contributed by atoms with Gasteiger partial charge in [0.05, 0.1) is 6.61 Å². The van der Waals surface area contributed by atoms with Gasteiger partial charge in [-0.05, 0) is 12.0 Å². The fraction of sp³-hybridized carbons (Fsp3) is 0.400. The minimum Gasteiger partial charge on any atom is -0.286 e. The van der Waals surface area contributed by atoms with Crippen molar-refractivity contribution in [3.05, 3.63) is 35.9 Å². The van der Waals surface area contributed by atoms with Gasteiger partial charge in [0, 0.05) is 5.75 Å². The average molecular weight is 198 g/mol. The van der Waals surface area contributed by atoms with Crippen LogP contribution in [0.2, 0.25) is 0 Å². The lowest BCUT2D eigenvalue weighted by atomic mass is 10.2. The molecule has 1 rings (SSSR count). The average Bonchev–Trinajstić information content (AvgIpc) is 2.17. The quantitative estimate of drug-likeness (QED) is 0.725. The molecule has 0 spiro atoms. The maximum Gasteiger partial charge on any atom is 0.155 e. The van der Waals surface area contributed by atoms with E-state index in [2.05, 4.69) is 0 Å². The summed E-state index contributed by atoms with van der Waals surface area (Å²) in [5.41, 5.74) is 1.06. The Labute approximate surface area is 81.6 Å². The predicted octanol–water partition coefficient (Wildman–Crippen LogP) is 2.28. The highest BCUT2D eigenvalue weighted by Crippen LogP contribution is 2.02. The first kappa shape index (κ1) is 10.4. The Hall–Kier alpha value is -0.670. The van der Waals surface area contributed by atoms with Gasteiger partial charge in [-0.25, -0.2) is 4.21 Å². The van der Waals surface area contributed by atoms with E-state index < -0.39 is 11.1 Å². The Bertz CT molecular complexity index is 259. The zero-order valence-corrected chi connectivity index (χ0v) is 8.55. The molecule has 1 atom stereocenters. The van der Waals surface area contributed by atoms with Crippen molar-refractivity contribution < 1.29 is 8.39 Å². The van der Waals surface area contributed by atoms with Crippen LogP contribution in [0.1, 0.15) is 18.9 Å². The zero-order chi connectivity index (χ0) is 9.52. The van der Waals surface area contributed by atoms with Gasteiger partial charge in [-0.2, -0.15) is 0 Å². The van der Waals surface area contributed by atoms with E-state index in [1.54, 1.807) is 0 Å². The molecule has 0 N–H and O–H groups in total. The molecule has 1 aromatic carbocycles. The molecule has 2 nitrogen and oxygen atoms in total. The van der Waals surface area contributed by atoms with Crippen molar-refractivity contribution in [2.24, 2.45) is 0 Å². The smallest absolute Gasteiger partial charge is 0.155 e. The summed E-state index contributed by atoms with van der Waals surface area (Å²) in [5, 5.41) is 0. The minimum absolute atomic E-state index is 0.438. The van der Waals surface area contributed by atoms with Crippen LogP contribution in [0.3, 0.4) is 0 Å². The monoisotopic (exact) mass is 198 g/mol. The van der Waals surface area contributed by atoms with E-state index >= 15 is 0 Å². The first-order chi connectivity index (χ1) is 6.33. The fourth-order valence-electron chi connectivity index (χ4n) is 0.934. The van der Waals surface area contributed by atoms with Crippen LogP contribution in [-0.4, -0.2) is 9.96 Å². The Morgan fingerprint density at radius 3 is 2.62 bits per heavy atom. The van der Waals surface area contributed by atoms with E-state index in [1.165, 1.54) is 0 Å². The standard InChI is InChI=1S/C10H14O2S/c1-2-8-13(11)12-9-10-6-4-3-5-7-10/h3-7H,2,8-9H2,1H3. The summed E-state index contributed by atoms with van der Waals surface area (Å²) in [5.74, 6) is 0.618. The summed E-state index contributed by atoms with van der Waals surface area (Å²) < 4.78 is 16.2. The lowest BCUT2D eigenvalue weighted by Crippen LogP contribution is -2.01. The van der Waals surface area contributed by atoms with Gasteiger partial charge in [0.15, 0.2) is 11.1 Å². The summed E-state index contributed by atoms with van der Waals surface area (Å²) >= 11 is -1.12. The Balaban J connectivity index is 2.31. The second-order valence-corrected chi connectivity index (χ2v) is 4.01. The van der Waals surface area contributed by atoms with Crippen molar-refractivity contribution in [3.63, 3.8) is 0 Å². The molecule has 0 aromatic heterocycles. The zero-order valence-electron chi connectivity index (χ0n) is 7.73. The van der Waals surface area contributed by atoms with Crippen LogP contribution < -0.4 is 0 Å². The van der Waals surface area contributed by atoms with Gasteiger partial charge in [-0.3, -0.25) is 4.18 Å². The molecule has 0 aliphatic heterocycles. The van der Waals surface area contributed by atoms with Gasteiger partial charge >= 0.3 is 0 Å². The molecule has 0 amide bonds. The third-order valence-electron chi connectivity index (χ3n) is 1.57. The van der Waals surface area contributed by atoms with Gasteiger partial charge in [-0.15, -0.1) is 0 Å². The molecule has 0 bridgehead atoms. The van der Waals surface area contributed by atoms with Gasteiger partial charge in [0.1, 0.15) is 0 Å². The van der Waals surface area contributed by atoms with Crippen LogP contribution in [0.4, 0.5) is 0 Å². The highest BCUT2D eigenvalue weighted by molar-refractivity contribution is 7.80. The Morgan fingerprint density at radius 1 is 1.31 bits per heavy atom. The second kappa shape index (κ2) is 5.89. The van der Waals surface area contributed by atoms with Crippen LogP contribution in [0.5, 0.6) is 0 Å². The normalized spacial score (nSPS) is 12.7. The van der Waals surface area contributed by atoms with Crippen LogP contribution in [0.25, 0.3) is 0 Å². The van der Waals surface area contributed by atoms with Gasteiger partial charge in [0.25, 0.3) is 0 Å². The summed E-state index contributed by atoms with van der Waals surface area (Å²) in [6, 6.07) is 9.77. The molecule has 72 valence electrons. The molecule has 0 radical (unpaired) electrons. The van der Waals surface area contributed by atoms with E-state index in [4.69, 9.17) is 4.18 Å². The first-order valence-electron chi connectivity index (χ1n) is 4.38. The van der Waals surface area contributed by atoms with E-state index in [0.29, 0.717) is 12.4 Å². The summed E-state index contributed by atoms with van der Waals surface area (Å²) in [6.45, 7) is 2.43. The molecule has 13 heavy (non-hydrogen) atoms. The first-order valence-corrected chi connectivity index (χ1v) is 5.63. The van der Waals surface area contributed by atoms with Crippen molar-refractivity contribution in [3.8, 4) is 0 Å². The molecule has 3 heteroatoms. The molecule has 1 unspecified atom stereocenters. The van der Waals surface area contributed by atoms with Crippen molar-refractivity contribution in [1.29, 1.82) is 0 Å². The maximum absolute atomic E-state index is 11.1. The van der Waals surface area contributed by atoms with Crippen LogP contribution >= 0.6 is 0 Å². The van der Waals surface area contributed by atoms with Crippen molar-refractivity contribution >= 4 is 11.1 Å². The summed E-state index contributed by atoms with van der Waals surface area (Å²) in [4.78, 5) is 0. The SMILES string of the molecule is CCCS(=O)OCc1ccccc1. The number of benzene rings is 1. The van der Waals surface area contributed by atoms with E-state index in [9.17, 15) is 4.21 Å². The molecule has 0 aliphatic carbocycles. The maximum atomic E-state index is 11.1. The van der Waals surface area contributed by atoms with Crippen molar-refractivity contribution in [2.75, 3.05) is 5.75 Å². The highest BCUT2D eigenvalue weighted by Gasteiger charge is 1.98. The molecule has 1 aromatic rings. The summed E-state index contributed by atoms with van der Waals surface area (Å²) in [6.07, 6.45) is 0.890. The van der Waals surface area contributed by atoms with Crippen LogP contribution in [0.15, 0.2) is 30.3 Å². The largest absolute Gasteiger partial charge is 0.286 e. The number of hydrogen-bond donors (Lipinski definition) is 0. The number of hydrogen-bond acceptors (Lipinski definition) is 2. The predicted molar refractivity (Wildman–Crippen MR) is 54.5 cm³/mol. The minimum atomic E-state index is -1.12. The van der Waals surface area contributed by atoms with Crippen molar-refractivity contribution in [1.82, 2.24) is 0 Å². The Morgan fingerprint density at radius 2 is 2.00 bits per heavy atom. The molecular formula is C10H14O2S. The van der Waals surface area contributed by atoms with Crippen LogP contribution in [0, 0.1) is 0 Å². The van der Waals surface area contributed by atoms with E-state index in [-0.39, 0.29) is 0 Å². The van der Waals surface area contributed by atoms with E-state index in [1.807, 2.05) is 37.3 Å². The number of rotatable bonds is 5.